The fourth-order valence-corrected chi connectivity index (χ4v) is 6.19. The van der Waals surface area contributed by atoms with Crippen molar-refractivity contribution in [2.75, 3.05) is 13.2 Å². The lowest BCUT2D eigenvalue weighted by Crippen LogP contribution is -2.39. The molecule has 0 radical (unpaired) electrons. The third kappa shape index (κ3) is 4.40. The van der Waals surface area contributed by atoms with Gasteiger partial charge in [-0.1, -0.05) is 27.7 Å². The third-order valence-electron chi connectivity index (χ3n) is 7.92. The van der Waals surface area contributed by atoms with E-state index in [0.717, 1.165) is 23.4 Å². The molecular formula is C28H33F3N2O5. The number of alkyl halides is 3. The Hall–Kier alpha value is -2.56. The summed E-state index contributed by atoms with van der Waals surface area (Å²) in [6, 6.07) is 2.36. The first-order valence-corrected chi connectivity index (χ1v) is 13.0. The van der Waals surface area contributed by atoms with Crippen LogP contribution in [0.15, 0.2) is 18.3 Å². The Morgan fingerprint density at radius 2 is 1.87 bits per heavy atom. The van der Waals surface area contributed by atoms with Crippen LogP contribution in [0.25, 0.3) is 0 Å². The van der Waals surface area contributed by atoms with Crippen LogP contribution in [0.5, 0.6) is 0 Å². The summed E-state index contributed by atoms with van der Waals surface area (Å²) in [5.74, 6) is -0.535. The molecule has 3 unspecified atom stereocenters. The topological polar surface area (TPSA) is 90.8 Å². The Morgan fingerprint density at radius 1 is 1.18 bits per heavy atom. The van der Waals surface area contributed by atoms with E-state index in [1.54, 1.807) is 0 Å². The molecule has 0 aromatic carbocycles. The molecule has 10 heteroatoms. The number of hydrogen-bond acceptors (Lipinski definition) is 7. The van der Waals surface area contributed by atoms with Crippen molar-refractivity contribution in [3.63, 3.8) is 0 Å². The van der Waals surface area contributed by atoms with Crippen molar-refractivity contribution in [1.29, 1.82) is 0 Å². The fraction of sp³-hybridized carbons (Fsp3) is 0.607. The number of carbonyl (C=O) groups excluding carboxylic acids is 1. The minimum Gasteiger partial charge on any atom is -0.455 e. The van der Waals surface area contributed by atoms with E-state index in [1.165, 1.54) is 13.0 Å². The van der Waals surface area contributed by atoms with Gasteiger partial charge in [0.15, 0.2) is 0 Å². The van der Waals surface area contributed by atoms with Gasteiger partial charge in [0.05, 0.1) is 28.7 Å². The Morgan fingerprint density at radius 3 is 2.42 bits per heavy atom. The van der Waals surface area contributed by atoms with Crippen LogP contribution in [0.2, 0.25) is 0 Å². The molecule has 1 saturated heterocycles. The van der Waals surface area contributed by atoms with Crippen LogP contribution in [0.4, 0.5) is 13.2 Å². The van der Waals surface area contributed by atoms with Crippen LogP contribution in [0.3, 0.4) is 0 Å². The van der Waals surface area contributed by atoms with E-state index < -0.39 is 47.0 Å². The summed E-state index contributed by atoms with van der Waals surface area (Å²) in [4.78, 5) is 21.3. The number of rotatable bonds is 3. The van der Waals surface area contributed by atoms with E-state index >= 15 is 0 Å². The Balaban J connectivity index is 1.78. The first-order chi connectivity index (χ1) is 17.7. The zero-order valence-corrected chi connectivity index (χ0v) is 22.2. The maximum absolute atomic E-state index is 13.3. The van der Waals surface area contributed by atoms with Gasteiger partial charge in [-0.3, -0.25) is 14.8 Å². The van der Waals surface area contributed by atoms with Crippen LogP contribution in [-0.4, -0.2) is 34.3 Å². The summed E-state index contributed by atoms with van der Waals surface area (Å²) in [5, 5.41) is 11.5. The monoisotopic (exact) mass is 534 g/mol. The summed E-state index contributed by atoms with van der Waals surface area (Å²) in [6.45, 7) is 10.0. The molecule has 0 bridgehead atoms. The van der Waals surface area contributed by atoms with E-state index in [-0.39, 0.29) is 5.92 Å². The number of halogens is 3. The number of aliphatic hydroxyl groups excluding tert-OH is 1. The highest BCUT2D eigenvalue weighted by Gasteiger charge is 2.54. The smallest absolute Gasteiger partial charge is 0.417 e. The van der Waals surface area contributed by atoms with Crippen molar-refractivity contribution in [3.8, 4) is 0 Å². The zero-order valence-electron chi connectivity index (χ0n) is 22.2. The van der Waals surface area contributed by atoms with Crippen LogP contribution < -0.4 is 0 Å². The maximum Gasteiger partial charge on any atom is 0.417 e. The molecule has 206 valence electrons. The van der Waals surface area contributed by atoms with Gasteiger partial charge in [-0.25, -0.2) is 0 Å². The molecule has 1 fully saturated rings. The minimum atomic E-state index is -4.51. The molecule has 7 nitrogen and oxygen atoms in total. The number of ether oxygens (including phenoxy) is 3. The van der Waals surface area contributed by atoms with Crippen LogP contribution in [-0.2, 0) is 30.8 Å². The van der Waals surface area contributed by atoms with Crippen molar-refractivity contribution in [2.24, 2.45) is 5.41 Å². The fourth-order valence-electron chi connectivity index (χ4n) is 6.19. The lowest BCUT2D eigenvalue weighted by atomic mass is 9.68. The second-order valence-electron chi connectivity index (χ2n) is 11.5. The van der Waals surface area contributed by atoms with Gasteiger partial charge in [-0.15, -0.1) is 0 Å². The lowest BCUT2D eigenvalue weighted by molar-refractivity contribution is -0.157. The zero-order chi connectivity index (χ0) is 27.6. The van der Waals surface area contributed by atoms with Gasteiger partial charge in [-0.2, -0.15) is 13.2 Å². The molecular weight excluding hydrogens is 501 g/mol. The molecule has 3 atom stereocenters. The first kappa shape index (κ1) is 27.0. The summed E-state index contributed by atoms with van der Waals surface area (Å²) in [7, 11) is 0. The molecule has 2 aromatic heterocycles. The number of pyridine rings is 2. The number of nitrogens with zero attached hydrogens (tertiary/aromatic N) is 2. The highest BCUT2D eigenvalue weighted by atomic mass is 19.4. The average molecular weight is 535 g/mol. The van der Waals surface area contributed by atoms with E-state index in [2.05, 4.69) is 4.98 Å². The molecule has 3 aliphatic rings. The molecule has 0 saturated carbocycles. The summed E-state index contributed by atoms with van der Waals surface area (Å²) >= 11 is 0. The molecule has 1 N–H and O–H groups in total. The molecule has 38 heavy (non-hydrogen) atoms. The van der Waals surface area contributed by atoms with E-state index in [0.29, 0.717) is 55.1 Å². The molecule has 5 rings (SSSR count). The van der Waals surface area contributed by atoms with Crippen molar-refractivity contribution < 1.29 is 37.3 Å². The number of aromatic nitrogens is 2. The van der Waals surface area contributed by atoms with Crippen molar-refractivity contribution >= 4 is 5.97 Å². The van der Waals surface area contributed by atoms with Gasteiger partial charge in [0, 0.05) is 61.4 Å². The van der Waals surface area contributed by atoms with Crippen molar-refractivity contribution in [2.45, 2.75) is 89.9 Å². The standard InChI is InChI=1S/C28H33F3N2O5/c1-14(2)22-20-21(19-18(35)12-26(4,5)25(23(19)33-22)37-15(3)34)27(8-10-36-11-9-27)38-24(20)17-7-6-16(13-32-17)28(29,30)31/h6-7,13-14,18,24-25,35H,8-12H2,1-5H3. The maximum atomic E-state index is 13.3. The Kier molecular flexibility index (Phi) is 6.60. The van der Waals surface area contributed by atoms with Gasteiger partial charge >= 0.3 is 12.1 Å². The van der Waals surface area contributed by atoms with Crippen molar-refractivity contribution in [1.82, 2.24) is 9.97 Å². The molecule has 4 heterocycles. The van der Waals surface area contributed by atoms with Gasteiger partial charge in [0.2, 0.25) is 0 Å². The van der Waals surface area contributed by atoms with Gasteiger partial charge in [0.1, 0.15) is 12.2 Å². The molecule has 0 amide bonds. The highest BCUT2D eigenvalue weighted by molar-refractivity contribution is 5.67. The molecule has 1 aliphatic carbocycles. The Labute approximate surface area is 219 Å². The van der Waals surface area contributed by atoms with Crippen LogP contribution in [0.1, 0.15) is 117 Å². The van der Waals surface area contributed by atoms with Gasteiger partial charge < -0.3 is 19.3 Å². The number of hydrogen-bond donors (Lipinski definition) is 1. The second kappa shape index (κ2) is 9.27. The average Bonchev–Trinajstić information content (AvgIpc) is 3.14. The summed E-state index contributed by atoms with van der Waals surface area (Å²) < 4.78 is 58.0. The van der Waals surface area contributed by atoms with Crippen LogP contribution in [0, 0.1) is 5.41 Å². The minimum absolute atomic E-state index is 0.0928. The van der Waals surface area contributed by atoms with E-state index in [9.17, 15) is 23.1 Å². The Bertz CT molecular complexity index is 1240. The molecule has 2 aliphatic heterocycles. The van der Waals surface area contributed by atoms with Gasteiger partial charge in [0.25, 0.3) is 0 Å². The second-order valence-corrected chi connectivity index (χ2v) is 11.5. The van der Waals surface area contributed by atoms with Gasteiger partial charge in [-0.05, 0) is 30.0 Å². The number of aliphatic hydroxyl groups is 1. The predicted molar refractivity (Wildman–Crippen MR) is 130 cm³/mol. The largest absolute Gasteiger partial charge is 0.455 e. The van der Waals surface area contributed by atoms with Crippen LogP contribution >= 0.6 is 0 Å². The number of esters is 1. The number of fused-ring (bicyclic) bond motifs is 4. The van der Waals surface area contributed by atoms with E-state index in [4.69, 9.17) is 19.2 Å². The normalized spacial score (nSPS) is 25.8. The highest BCUT2D eigenvalue weighted by Crippen LogP contribution is 2.59. The van der Waals surface area contributed by atoms with Crippen molar-refractivity contribution in [3.05, 3.63) is 57.7 Å². The molecule has 1 spiro atoms. The first-order valence-electron chi connectivity index (χ1n) is 13.0. The van der Waals surface area contributed by atoms with E-state index in [1.807, 2.05) is 27.7 Å². The SMILES string of the molecule is CC(=O)OC1c2nc(C(C)C)c3c(c2C(O)CC1(C)C)C1(CCOCC1)OC3c1ccc(C(F)(F)F)cn1. The quantitative estimate of drug-likeness (QED) is 0.497. The number of carbonyl (C=O) groups is 1. The predicted octanol–water partition coefficient (Wildman–Crippen LogP) is 5.81. The third-order valence-corrected chi connectivity index (χ3v) is 7.92. The molecule has 2 aromatic rings. The summed E-state index contributed by atoms with van der Waals surface area (Å²) in [5.41, 5.74) is 1.40. The summed E-state index contributed by atoms with van der Waals surface area (Å²) in [6.07, 6.45) is -4.69. The lowest BCUT2D eigenvalue weighted by Gasteiger charge is -2.43.